The highest BCUT2D eigenvalue weighted by atomic mass is 32.1. The van der Waals surface area contributed by atoms with Crippen LogP contribution in [0.25, 0.3) is 6.08 Å². The van der Waals surface area contributed by atoms with Gasteiger partial charge in [-0.15, -0.1) is 0 Å². The number of rotatable bonds is 2. The van der Waals surface area contributed by atoms with Crippen molar-refractivity contribution in [2.24, 2.45) is 0 Å². The molecule has 0 saturated carbocycles. The van der Waals surface area contributed by atoms with Gasteiger partial charge in [-0.3, -0.25) is 0 Å². The number of nitrogen functional groups attached to an aromatic ring is 1. The first kappa shape index (κ1) is 8.21. The maximum Gasteiger partial charge on any atom is 0.0314 e. The van der Waals surface area contributed by atoms with Gasteiger partial charge in [-0.1, -0.05) is 24.3 Å². The number of hydrogen-bond acceptors (Lipinski definition) is 2. The predicted molar refractivity (Wildman–Crippen MR) is 53.7 cm³/mol. The lowest BCUT2D eigenvalue weighted by atomic mass is 10.2. The number of anilines is 1. The van der Waals surface area contributed by atoms with Crippen LogP contribution in [-0.2, 0) is 0 Å². The maximum atomic E-state index is 5.52. The fourth-order valence-corrected chi connectivity index (χ4v) is 0.901. The molecule has 1 aromatic rings. The third-order valence-corrected chi connectivity index (χ3v) is 1.56. The third kappa shape index (κ3) is 2.68. The summed E-state index contributed by atoms with van der Waals surface area (Å²) >= 11 is 4.06. The van der Waals surface area contributed by atoms with E-state index in [2.05, 4.69) is 12.6 Å². The molecule has 0 bridgehead atoms. The van der Waals surface area contributed by atoms with Gasteiger partial charge < -0.3 is 5.73 Å². The smallest absolute Gasteiger partial charge is 0.0314 e. The van der Waals surface area contributed by atoms with Crippen LogP contribution < -0.4 is 5.73 Å². The second-order valence-electron chi connectivity index (χ2n) is 2.25. The molecular weight excluding hydrogens is 154 g/mol. The second-order valence-corrected chi connectivity index (χ2v) is 2.62. The van der Waals surface area contributed by atoms with Crippen LogP contribution in [-0.4, -0.2) is 5.75 Å². The molecule has 58 valence electrons. The van der Waals surface area contributed by atoms with E-state index in [9.17, 15) is 0 Å². The van der Waals surface area contributed by atoms with Gasteiger partial charge in [0.05, 0.1) is 0 Å². The topological polar surface area (TPSA) is 26.0 Å². The summed E-state index contributed by atoms with van der Waals surface area (Å²) in [7, 11) is 0. The normalized spacial score (nSPS) is 10.6. The summed E-state index contributed by atoms with van der Waals surface area (Å²) in [4.78, 5) is 0. The van der Waals surface area contributed by atoms with Crippen molar-refractivity contribution in [3.8, 4) is 0 Å². The Kier molecular flexibility index (Phi) is 3.05. The van der Waals surface area contributed by atoms with Crippen LogP contribution in [0.2, 0.25) is 0 Å². The maximum absolute atomic E-state index is 5.52. The molecule has 1 aromatic carbocycles. The minimum atomic E-state index is 0.768. The van der Waals surface area contributed by atoms with E-state index in [4.69, 9.17) is 5.73 Å². The van der Waals surface area contributed by atoms with Crippen LogP contribution in [0.3, 0.4) is 0 Å². The van der Waals surface area contributed by atoms with E-state index in [0.717, 1.165) is 17.0 Å². The van der Waals surface area contributed by atoms with Crippen molar-refractivity contribution in [3.05, 3.63) is 35.9 Å². The Balaban J connectivity index is 2.73. The number of nitrogens with two attached hydrogens (primary N) is 1. The lowest BCUT2D eigenvalue weighted by Gasteiger charge is -1.93. The molecule has 0 aliphatic heterocycles. The standard InChI is InChI=1S/C9H11NS/c10-9-5-3-8(4-6-9)2-1-7-11/h1-6,11H,7,10H2. The Labute approximate surface area is 72.3 Å². The highest BCUT2D eigenvalue weighted by Crippen LogP contribution is 2.06. The van der Waals surface area contributed by atoms with Crippen LogP contribution in [0.15, 0.2) is 30.3 Å². The van der Waals surface area contributed by atoms with E-state index in [1.807, 2.05) is 36.4 Å². The lowest BCUT2D eigenvalue weighted by molar-refractivity contribution is 1.64. The molecule has 2 N–H and O–H groups in total. The summed E-state index contributed by atoms with van der Waals surface area (Å²) in [6.45, 7) is 0. The number of benzene rings is 1. The fraction of sp³-hybridized carbons (Fsp3) is 0.111. The average molecular weight is 165 g/mol. The molecule has 0 amide bonds. The zero-order valence-corrected chi connectivity index (χ0v) is 7.09. The summed E-state index contributed by atoms with van der Waals surface area (Å²) in [6.07, 6.45) is 4.01. The largest absolute Gasteiger partial charge is 0.399 e. The highest BCUT2D eigenvalue weighted by molar-refractivity contribution is 7.80. The summed E-state index contributed by atoms with van der Waals surface area (Å²) in [5.74, 6) is 0.768. The molecule has 0 radical (unpaired) electrons. The van der Waals surface area contributed by atoms with Gasteiger partial charge in [0.25, 0.3) is 0 Å². The second kappa shape index (κ2) is 4.09. The van der Waals surface area contributed by atoms with E-state index >= 15 is 0 Å². The predicted octanol–water partition coefficient (Wildman–Crippen LogP) is 2.21. The van der Waals surface area contributed by atoms with E-state index in [0.29, 0.717) is 0 Å². The molecular formula is C9H11NS. The molecule has 0 aliphatic rings. The van der Waals surface area contributed by atoms with Crippen LogP contribution >= 0.6 is 12.6 Å². The van der Waals surface area contributed by atoms with E-state index in [1.165, 1.54) is 0 Å². The molecule has 0 saturated heterocycles. The summed E-state index contributed by atoms with van der Waals surface area (Å²) in [6, 6.07) is 7.74. The first-order chi connectivity index (χ1) is 5.33. The van der Waals surface area contributed by atoms with Gasteiger partial charge in [0.15, 0.2) is 0 Å². The molecule has 0 aromatic heterocycles. The summed E-state index contributed by atoms with van der Waals surface area (Å²) in [5.41, 5.74) is 7.48. The van der Waals surface area contributed by atoms with Crippen molar-refractivity contribution in [2.75, 3.05) is 11.5 Å². The SMILES string of the molecule is Nc1ccc(C=CCS)cc1. The molecule has 0 spiro atoms. The lowest BCUT2D eigenvalue weighted by Crippen LogP contribution is -1.82. The fourth-order valence-electron chi connectivity index (χ4n) is 0.796. The zero-order chi connectivity index (χ0) is 8.10. The molecule has 2 heteroatoms. The Morgan fingerprint density at radius 3 is 2.45 bits per heavy atom. The molecule has 0 aliphatic carbocycles. The van der Waals surface area contributed by atoms with Crippen LogP contribution in [0, 0.1) is 0 Å². The van der Waals surface area contributed by atoms with Gasteiger partial charge in [0.1, 0.15) is 0 Å². The first-order valence-corrected chi connectivity index (χ1v) is 4.09. The van der Waals surface area contributed by atoms with Gasteiger partial charge in [-0.2, -0.15) is 12.6 Å². The number of hydrogen-bond donors (Lipinski definition) is 2. The van der Waals surface area contributed by atoms with Crippen molar-refractivity contribution in [3.63, 3.8) is 0 Å². The monoisotopic (exact) mass is 165 g/mol. The van der Waals surface area contributed by atoms with Gasteiger partial charge in [0.2, 0.25) is 0 Å². The minimum Gasteiger partial charge on any atom is -0.399 e. The first-order valence-electron chi connectivity index (χ1n) is 3.46. The average Bonchev–Trinajstić information content (AvgIpc) is 2.04. The van der Waals surface area contributed by atoms with Crippen molar-refractivity contribution in [1.82, 2.24) is 0 Å². The van der Waals surface area contributed by atoms with Gasteiger partial charge >= 0.3 is 0 Å². The molecule has 0 heterocycles. The minimum absolute atomic E-state index is 0.768. The number of thiol groups is 1. The van der Waals surface area contributed by atoms with Crippen molar-refractivity contribution < 1.29 is 0 Å². The third-order valence-electron chi connectivity index (χ3n) is 1.35. The Bertz CT molecular complexity index is 238. The van der Waals surface area contributed by atoms with E-state index in [1.54, 1.807) is 0 Å². The van der Waals surface area contributed by atoms with Crippen LogP contribution in [0.1, 0.15) is 5.56 Å². The molecule has 0 atom stereocenters. The van der Waals surface area contributed by atoms with Crippen molar-refractivity contribution in [2.45, 2.75) is 0 Å². The summed E-state index contributed by atoms with van der Waals surface area (Å²) in [5, 5.41) is 0. The molecule has 11 heavy (non-hydrogen) atoms. The van der Waals surface area contributed by atoms with Crippen LogP contribution in [0.4, 0.5) is 5.69 Å². The highest BCUT2D eigenvalue weighted by Gasteiger charge is 1.84. The van der Waals surface area contributed by atoms with E-state index < -0.39 is 0 Å². The van der Waals surface area contributed by atoms with Gasteiger partial charge in [-0.05, 0) is 17.7 Å². The van der Waals surface area contributed by atoms with Gasteiger partial charge in [-0.25, -0.2) is 0 Å². The van der Waals surface area contributed by atoms with Crippen LogP contribution in [0.5, 0.6) is 0 Å². The van der Waals surface area contributed by atoms with Crippen molar-refractivity contribution in [1.29, 1.82) is 0 Å². The molecule has 0 fully saturated rings. The Hall–Kier alpha value is -0.890. The molecule has 0 unspecified atom stereocenters. The zero-order valence-electron chi connectivity index (χ0n) is 6.20. The van der Waals surface area contributed by atoms with Gasteiger partial charge in [0, 0.05) is 11.4 Å². The Morgan fingerprint density at radius 2 is 1.91 bits per heavy atom. The molecule has 1 rings (SSSR count). The van der Waals surface area contributed by atoms with Crippen molar-refractivity contribution >= 4 is 24.4 Å². The summed E-state index contributed by atoms with van der Waals surface area (Å²) < 4.78 is 0. The molecule has 1 nitrogen and oxygen atoms in total. The Morgan fingerprint density at radius 1 is 1.27 bits per heavy atom. The van der Waals surface area contributed by atoms with E-state index in [-0.39, 0.29) is 0 Å². The quantitative estimate of drug-likeness (QED) is 0.510.